The Labute approximate surface area is 147 Å². The monoisotopic (exact) mass is 382 g/mol. The van der Waals surface area contributed by atoms with Crippen molar-refractivity contribution in [2.75, 3.05) is 19.6 Å². The molecule has 23 heavy (non-hydrogen) atoms. The highest BCUT2D eigenvalue weighted by Gasteiger charge is 2.28. The number of benzene rings is 1. The maximum absolute atomic E-state index is 12.7. The van der Waals surface area contributed by atoms with Crippen molar-refractivity contribution < 1.29 is 9.53 Å². The van der Waals surface area contributed by atoms with Gasteiger partial charge in [0.05, 0.1) is 4.47 Å². The van der Waals surface area contributed by atoms with E-state index < -0.39 is 6.10 Å². The van der Waals surface area contributed by atoms with Crippen molar-refractivity contribution in [1.82, 2.24) is 10.2 Å². The van der Waals surface area contributed by atoms with Crippen LogP contribution in [0.5, 0.6) is 5.75 Å². The topological polar surface area (TPSA) is 41.6 Å². The molecule has 0 bridgehead atoms. The second kappa shape index (κ2) is 8.69. The number of para-hydroxylation sites is 1. The molecule has 0 saturated carbocycles. The molecule has 1 saturated heterocycles. The number of amides is 1. The first-order chi connectivity index (χ1) is 11.0. The predicted octanol–water partition coefficient (Wildman–Crippen LogP) is 3.45. The SMILES string of the molecule is CCN1CCC(NC(=O)C(Oc2ccccc2Br)C(C)C)CC1. The van der Waals surface area contributed by atoms with Crippen LogP contribution in [-0.2, 0) is 4.79 Å². The molecule has 1 aromatic rings. The third kappa shape index (κ3) is 5.21. The van der Waals surface area contributed by atoms with E-state index in [2.05, 4.69) is 33.1 Å². The smallest absolute Gasteiger partial charge is 0.261 e. The van der Waals surface area contributed by atoms with E-state index in [0.29, 0.717) is 5.75 Å². The number of hydrogen-bond acceptors (Lipinski definition) is 3. The van der Waals surface area contributed by atoms with Gasteiger partial charge in [0.1, 0.15) is 5.75 Å². The zero-order chi connectivity index (χ0) is 16.8. The van der Waals surface area contributed by atoms with E-state index in [1.54, 1.807) is 0 Å². The van der Waals surface area contributed by atoms with Crippen molar-refractivity contribution in [3.8, 4) is 5.75 Å². The molecule has 1 aromatic carbocycles. The number of nitrogens with one attached hydrogen (secondary N) is 1. The van der Waals surface area contributed by atoms with Gasteiger partial charge >= 0.3 is 0 Å². The van der Waals surface area contributed by atoms with Gasteiger partial charge < -0.3 is 15.0 Å². The molecule has 1 atom stereocenters. The Bertz CT molecular complexity index is 513. The van der Waals surface area contributed by atoms with Crippen LogP contribution in [0.2, 0.25) is 0 Å². The molecule has 1 heterocycles. The number of carbonyl (C=O) groups is 1. The van der Waals surface area contributed by atoms with Gasteiger partial charge in [0.15, 0.2) is 6.10 Å². The first-order valence-electron chi connectivity index (χ1n) is 8.45. The molecule has 1 N–H and O–H groups in total. The Kier molecular flexibility index (Phi) is 6.90. The minimum atomic E-state index is -0.474. The Hall–Kier alpha value is -1.07. The standard InChI is InChI=1S/C18H27BrN2O2/c1-4-21-11-9-14(10-12-21)20-18(22)17(13(2)3)23-16-8-6-5-7-15(16)19/h5-8,13-14,17H,4,9-12H2,1-3H3,(H,20,22). The lowest BCUT2D eigenvalue weighted by molar-refractivity contribution is -0.130. The van der Waals surface area contributed by atoms with Gasteiger partial charge in [0, 0.05) is 19.1 Å². The number of hydrogen-bond donors (Lipinski definition) is 1. The molecule has 1 aliphatic rings. The fourth-order valence-electron chi connectivity index (χ4n) is 2.85. The first-order valence-corrected chi connectivity index (χ1v) is 9.24. The number of carbonyl (C=O) groups excluding carboxylic acids is 1. The van der Waals surface area contributed by atoms with E-state index in [1.807, 2.05) is 38.1 Å². The summed E-state index contributed by atoms with van der Waals surface area (Å²) in [6, 6.07) is 7.91. The largest absolute Gasteiger partial charge is 0.479 e. The third-order valence-corrected chi connectivity index (χ3v) is 4.99. The summed E-state index contributed by atoms with van der Waals surface area (Å²) >= 11 is 3.47. The van der Waals surface area contributed by atoms with Crippen LogP contribution in [0.4, 0.5) is 0 Å². The molecule has 1 fully saturated rings. The highest BCUT2D eigenvalue weighted by molar-refractivity contribution is 9.10. The van der Waals surface area contributed by atoms with Crippen molar-refractivity contribution in [3.05, 3.63) is 28.7 Å². The van der Waals surface area contributed by atoms with E-state index in [-0.39, 0.29) is 17.9 Å². The molecule has 0 aliphatic carbocycles. The molecule has 1 amide bonds. The van der Waals surface area contributed by atoms with Gasteiger partial charge in [0.25, 0.3) is 5.91 Å². The maximum Gasteiger partial charge on any atom is 0.261 e. The van der Waals surface area contributed by atoms with Crippen LogP contribution >= 0.6 is 15.9 Å². The van der Waals surface area contributed by atoms with E-state index >= 15 is 0 Å². The Morgan fingerprint density at radius 3 is 2.57 bits per heavy atom. The predicted molar refractivity (Wildman–Crippen MR) is 96.7 cm³/mol. The number of likely N-dealkylation sites (tertiary alicyclic amines) is 1. The zero-order valence-corrected chi connectivity index (χ0v) is 15.8. The lowest BCUT2D eigenvalue weighted by atomic mass is 10.0. The van der Waals surface area contributed by atoms with Crippen LogP contribution < -0.4 is 10.1 Å². The molecule has 128 valence electrons. The number of ether oxygens (including phenoxy) is 1. The van der Waals surface area contributed by atoms with Crippen LogP contribution in [0, 0.1) is 5.92 Å². The summed E-state index contributed by atoms with van der Waals surface area (Å²) in [5.74, 6) is 0.811. The second-order valence-electron chi connectivity index (χ2n) is 6.43. The molecule has 4 nitrogen and oxygen atoms in total. The van der Waals surface area contributed by atoms with E-state index in [1.165, 1.54) is 0 Å². The van der Waals surface area contributed by atoms with Gasteiger partial charge in [-0.2, -0.15) is 0 Å². The molecule has 1 aliphatic heterocycles. The molecule has 0 aromatic heterocycles. The van der Waals surface area contributed by atoms with Gasteiger partial charge in [-0.25, -0.2) is 0 Å². The molecule has 5 heteroatoms. The highest BCUT2D eigenvalue weighted by atomic mass is 79.9. The van der Waals surface area contributed by atoms with E-state index in [9.17, 15) is 4.79 Å². The molecule has 2 rings (SSSR count). The lowest BCUT2D eigenvalue weighted by Gasteiger charge is -2.32. The summed E-state index contributed by atoms with van der Waals surface area (Å²) < 4.78 is 6.85. The Morgan fingerprint density at radius 2 is 2.00 bits per heavy atom. The molecular weight excluding hydrogens is 356 g/mol. The van der Waals surface area contributed by atoms with Crippen LogP contribution in [0.25, 0.3) is 0 Å². The molecule has 0 spiro atoms. The molecule has 1 unspecified atom stereocenters. The molecular formula is C18H27BrN2O2. The van der Waals surface area contributed by atoms with Gasteiger partial charge in [0.2, 0.25) is 0 Å². The Morgan fingerprint density at radius 1 is 1.35 bits per heavy atom. The van der Waals surface area contributed by atoms with Crippen LogP contribution in [0.1, 0.15) is 33.6 Å². The van der Waals surface area contributed by atoms with Crippen molar-refractivity contribution in [3.63, 3.8) is 0 Å². The average molecular weight is 383 g/mol. The highest BCUT2D eigenvalue weighted by Crippen LogP contribution is 2.26. The van der Waals surface area contributed by atoms with Crippen molar-refractivity contribution in [2.24, 2.45) is 5.92 Å². The second-order valence-corrected chi connectivity index (χ2v) is 7.28. The van der Waals surface area contributed by atoms with Crippen LogP contribution in [-0.4, -0.2) is 42.6 Å². The van der Waals surface area contributed by atoms with Gasteiger partial charge in [-0.15, -0.1) is 0 Å². The summed E-state index contributed by atoms with van der Waals surface area (Å²) in [4.78, 5) is 15.1. The average Bonchev–Trinajstić information content (AvgIpc) is 2.54. The van der Waals surface area contributed by atoms with E-state index in [0.717, 1.165) is 36.9 Å². The fourth-order valence-corrected chi connectivity index (χ4v) is 3.22. The fraction of sp³-hybridized carbons (Fsp3) is 0.611. The summed E-state index contributed by atoms with van der Waals surface area (Å²) in [6.07, 6.45) is 1.55. The minimum Gasteiger partial charge on any atom is -0.479 e. The third-order valence-electron chi connectivity index (χ3n) is 4.34. The number of piperidine rings is 1. The van der Waals surface area contributed by atoms with Crippen molar-refractivity contribution in [1.29, 1.82) is 0 Å². The normalized spacial score (nSPS) is 18.0. The van der Waals surface area contributed by atoms with E-state index in [4.69, 9.17) is 4.74 Å². The number of rotatable bonds is 6. The lowest BCUT2D eigenvalue weighted by Crippen LogP contribution is -2.50. The quantitative estimate of drug-likeness (QED) is 0.818. The van der Waals surface area contributed by atoms with Crippen LogP contribution in [0.15, 0.2) is 28.7 Å². The van der Waals surface area contributed by atoms with Gasteiger partial charge in [-0.1, -0.05) is 32.9 Å². The summed E-state index contributed by atoms with van der Waals surface area (Å²) in [5.41, 5.74) is 0. The van der Waals surface area contributed by atoms with Crippen molar-refractivity contribution >= 4 is 21.8 Å². The maximum atomic E-state index is 12.7. The van der Waals surface area contributed by atoms with Gasteiger partial charge in [-0.3, -0.25) is 4.79 Å². The first kappa shape index (κ1) is 18.3. The molecule has 0 radical (unpaired) electrons. The minimum absolute atomic E-state index is 0.00861. The number of nitrogens with zero attached hydrogens (tertiary/aromatic N) is 1. The summed E-state index contributed by atoms with van der Waals surface area (Å²) in [7, 11) is 0. The summed E-state index contributed by atoms with van der Waals surface area (Å²) in [5, 5.41) is 3.18. The van der Waals surface area contributed by atoms with Crippen molar-refractivity contribution in [2.45, 2.75) is 45.8 Å². The summed E-state index contributed by atoms with van der Waals surface area (Å²) in [6.45, 7) is 9.40. The zero-order valence-electron chi connectivity index (χ0n) is 14.2. The van der Waals surface area contributed by atoms with Gasteiger partial charge in [-0.05, 0) is 53.4 Å². The Balaban J connectivity index is 1.95. The number of halogens is 1. The van der Waals surface area contributed by atoms with Crippen LogP contribution in [0.3, 0.4) is 0 Å².